The van der Waals surface area contributed by atoms with Gasteiger partial charge in [0.25, 0.3) is 0 Å². The van der Waals surface area contributed by atoms with Crippen LogP contribution in [-0.4, -0.2) is 64.3 Å². The van der Waals surface area contributed by atoms with E-state index in [1.54, 1.807) is 6.92 Å². The van der Waals surface area contributed by atoms with Crippen molar-refractivity contribution in [1.29, 1.82) is 0 Å². The fraction of sp³-hybridized carbons (Fsp3) is 0.652. The molecule has 3 aliphatic rings. The van der Waals surface area contributed by atoms with Crippen molar-refractivity contribution < 1.29 is 9.53 Å². The van der Waals surface area contributed by atoms with Crippen LogP contribution in [0, 0.1) is 5.92 Å². The summed E-state index contributed by atoms with van der Waals surface area (Å²) in [5, 5.41) is 2.78. The van der Waals surface area contributed by atoms with Gasteiger partial charge in [-0.15, -0.1) is 0 Å². The lowest BCUT2D eigenvalue weighted by molar-refractivity contribution is 0.0353. The highest BCUT2D eigenvalue weighted by atomic mass is 16.5. The highest BCUT2D eigenvalue weighted by Gasteiger charge is 2.34. The van der Waals surface area contributed by atoms with Crippen molar-refractivity contribution in [3.63, 3.8) is 0 Å². The molecule has 7 nitrogen and oxygen atoms in total. The van der Waals surface area contributed by atoms with Crippen molar-refractivity contribution in [1.82, 2.24) is 19.4 Å². The van der Waals surface area contributed by atoms with E-state index in [9.17, 15) is 4.79 Å². The van der Waals surface area contributed by atoms with Gasteiger partial charge in [-0.05, 0) is 69.8 Å². The maximum atomic E-state index is 11.7. The maximum Gasteiger partial charge on any atom is 0.411 e. The monoisotopic (exact) mass is 411 g/mol. The third kappa shape index (κ3) is 3.93. The van der Waals surface area contributed by atoms with Gasteiger partial charge in [0.15, 0.2) is 0 Å². The Balaban J connectivity index is 1.28. The number of aromatic nitrogens is 2. The molecule has 1 aromatic carbocycles. The first-order valence-electron chi connectivity index (χ1n) is 11.6. The molecule has 0 bridgehead atoms. The SMILES string of the molecule is CCOC(=O)Nc1ccc2c(c1)nc1n2CCN(C[C@H]2CCCN3CCCC[C@@H]23)C1. The molecule has 30 heavy (non-hydrogen) atoms. The van der Waals surface area contributed by atoms with Gasteiger partial charge < -0.3 is 14.2 Å². The summed E-state index contributed by atoms with van der Waals surface area (Å²) < 4.78 is 7.32. The number of carbonyl (C=O) groups is 1. The Morgan fingerprint density at radius 2 is 2.07 bits per heavy atom. The Kier molecular flexibility index (Phi) is 5.65. The highest BCUT2D eigenvalue weighted by molar-refractivity contribution is 5.89. The first-order valence-corrected chi connectivity index (χ1v) is 11.6. The minimum Gasteiger partial charge on any atom is -0.450 e. The van der Waals surface area contributed by atoms with Crippen LogP contribution in [0.3, 0.4) is 0 Å². The quantitative estimate of drug-likeness (QED) is 0.831. The molecule has 1 aromatic heterocycles. The van der Waals surface area contributed by atoms with Gasteiger partial charge in [-0.3, -0.25) is 10.2 Å². The van der Waals surface area contributed by atoms with Gasteiger partial charge in [-0.1, -0.05) is 6.42 Å². The zero-order valence-corrected chi connectivity index (χ0v) is 18.0. The van der Waals surface area contributed by atoms with Crippen molar-refractivity contribution in [3.8, 4) is 0 Å². The van der Waals surface area contributed by atoms with Crippen molar-refractivity contribution >= 4 is 22.8 Å². The van der Waals surface area contributed by atoms with Gasteiger partial charge in [0, 0.05) is 31.4 Å². The Bertz CT molecular complexity index is 908. The fourth-order valence-corrected chi connectivity index (χ4v) is 5.71. The lowest BCUT2D eigenvalue weighted by atomic mass is 9.83. The number of nitrogens with one attached hydrogen (secondary N) is 1. The largest absolute Gasteiger partial charge is 0.450 e. The number of nitrogens with zero attached hydrogens (tertiary/aromatic N) is 4. The molecule has 0 unspecified atom stereocenters. The molecular formula is C23H33N5O2. The fourth-order valence-electron chi connectivity index (χ4n) is 5.71. The van der Waals surface area contributed by atoms with E-state index >= 15 is 0 Å². The van der Waals surface area contributed by atoms with Crippen molar-refractivity contribution in [2.75, 3.05) is 38.1 Å². The van der Waals surface area contributed by atoms with Crippen LogP contribution in [0.5, 0.6) is 0 Å². The zero-order chi connectivity index (χ0) is 20.5. The molecule has 0 saturated carbocycles. The number of hydrogen-bond acceptors (Lipinski definition) is 5. The van der Waals surface area contributed by atoms with Crippen LogP contribution in [0.25, 0.3) is 11.0 Å². The number of ether oxygens (including phenoxy) is 1. The van der Waals surface area contributed by atoms with E-state index in [1.807, 2.05) is 12.1 Å². The number of amides is 1. The summed E-state index contributed by atoms with van der Waals surface area (Å²) >= 11 is 0. The highest BCUT2D eigenvalue weighted by Crippen LogP contribution is 2.32. The number of hydrogen-bond donors (Lipinski definition) is 1. The van der Waals surface area contributed by atoms with E-state index < -0.39 is 6.09 Å². The van der Waals surface area contributed by atoms with Crippen LogP contribution >= 0.6 is 0 Å². The molecule has 5 rings (SSSR count). The number of carbonyl (C=O) groups excluding carboxylic acids is 1. The van der Waals surface area contributed by atoms with Crippen LogP contribution in [0.15, 0.2) is 18.2 Å². The van der Waals surface area contributed by atoms with Gasteiger partial charge in [-0.2, -0.15) is 0 Å². The number of piperidine rings is 2. The molecule has 1 N–H and O–H groups in total. The second kappa shape index (κ2) is 8.55. The van der Waals surface area contributed by atoms with Crippen LogP contribution in [0.1, 0.15) is 44.9 Å². The second-order valence-electron chi connectivity index (χ2n) is 8.97. The molecule has 2 aromatic rings. The third-order valence-corrected chi connectivity index (χ3v) is 7.08. The Labute approximate surface area is 178 Å². The predicted molar refractivity (Wildman–Crippen MR) is 118 cm³/mol. The summed E-state index contributed by atoms with van der Waals surface area (Å²) in [5.41, 5.74) is 2.82. The van der Waals surface area contributed by atoms with Gasteiger partial charge in [0.2, 0.25) is 0 Å². The van der Waals surface area contributed by atoms with Crippen LogP contribution < -0.4 is 5.32 Å². The van der Waals surface area contributed by atoms with E-state index in [2.05, 4.69) is 25.8 Å². The lowest BCUT2D eigenvalue weighted by Crippen LogP contribution is -2.51. The number of anilines is 1. The standard InChI is InChI=1S/C23H33N5O2/c1-2-30-23(29)24-18-8-9-21-19(14-18)25-22-16-26(12-13-28(21)22)15-17-6-5-11-27-10-4-3-7-20(17)27/h8-9,14,17,20H,2-7,10-13,15-16H2,1H3,(H,24,29)/t17-,20+/m1/s1. The molecule has 3 aliphatic heterocycles. The van der Waals surface area contributed by atoms with Crippen molar-refractivity contribution in [2.45, 2.75) is 58.2 Å². The van der Waals surface area contributed by atoms with Crippen molar-refractivity contribution in [3.05, 3.63) is 24.0 Å². The first kappa shape index (κ1) is 19.8. The number of rotatable bonds is 4. The molecule has 7 heteroatoms. The van der Waals surface area contributed by atoms with Gasteiger partial charge in [0.05, 0.1) is 24.2 Å². The number of benzene rings is 1. The van der Waals surface area contributed by atoms with E-state index in [0.717, 1.165) is 54.1 Å². The normalized spacial score (nSPS) is 25.0. The molecule has 0 aliphatic carbocycles. The van der Waals surface area contributed by atoms with E-state index in [0.29, 0.717) is 6.61 Å². The molecule has 2 atom stereocenters. The van der Waals surface area contributed by atoms with E-state index in [1.165, 1.54) is 51.7 Å². The predicted octanol–water partition coefficient (Wildman–Crippen LogP) is 3.68. The van der Waals surface area contributed by atoms with Crippen LogP contribution in [0.4, 0.5) is 10.5 Å². The molecule has 1 amide bonds. The van der Waals surface area contributed by atoms with Crippen LogP contribution in [-0.2, 0) is 17.8 Å². The molecule has 162 valence electrons. The molecule has 0 spiro atoms. The zero-order valence-electron chi connectivity index (χ0n) is 18.0. The summed E-state index contributed by atoms with van der Waals surface area (Å²) in [6, 6.07) is 6.73. The molecule has 2 fully saturated rings. The third-order valence-electron chi connectivity index (χ3n) is 7.08. The average molecular weight is 412 g/mol. The Morgan fingerprint density at radius 1 is 1.17 bits per heavy atom. The Hall–Kier alpha value is -2.12. The van der Waals surface area contributed by atoms with Crippen LogP contribution in [0.2, 0.25) is 0 Å². The van der Waals surface area contributed by atoms with Gasteiger partial charge >= 0.3 is 6.09 Å². The maximum absolute atomic E-state index is 11.7. The van der Waals surface area contributed by atoms with Gasteiger partial charge in [0.1, 0.15) is 5.82 Å². The number of fused-ring (bicyclic) bond motifs is 4. The summed E-state index contributed by atoms with van der Waals surface area (Å²) in [5.74, 6) is 1.94. The molecule has 0 radical (unpaired) electrons. The Morgan fingerprint density at radius 3 is 2.97 bits per heavy atom. The number of imidazole rings is 1. The van der Waals surface area contributed by atoms with Crippen molar-refractivity contribution in [2.24, 2.45) is 5.92 Å². The average Bonchev–Trinajstić information content (AvgIpc) is 3.11. The first-order chi connectivity index (χ1) is 14.7. The summed E-state index contributed by atoms with van der Waals surface area (Å²) in [6.07, 6.45) is 6.46. The summed E-state index contributed by atoms with van der Waals surface area (Å²) in [7, 11) is 0. The minimum absolute atomic E-state index is 0.363. The summed E-state index contributed by atoms with van der Waals surface area (Å²) in [6.45, 7) is 8.96. The molecule has 2 saturated heterocycles. The van der Waals surface area contributed by atoms with Gasteiger partial charge in [-0.25, -0.2) is 9.78 Å². The topological polar surface area (TPSA) is 62.6 Å². The van der Waals surface area contributed by atoms with E-state index in [-0.39, 0.29) is 0 Å². The lowest BCUT2D eigenvalue weighted by Gasteiger charge is -2.46. The molecule has 4 heterocycles. The van der Waals surface area contributed by atoms with E-state index in [4.69, 9.17) is 9.72 Å². The summed E-state index contributed by atoms with van der Waals surface area (Å²) in [4.78, 5) is 22.0. The second-order valence-corrected chi connectivity index (χ2v) is 8.97. The molecular weight excluding hydrogens is 378 g/mol. The minimum atomic E-state index is -0.420. The smallest absolute Gasteiger partial charge is 0.411 e.